The van der Waals surface area contributed by atoms with Gasteiger partial charge in [-0.3, -0.25) is 19.5 Å². The summed E-state index contributed by atoms with van der Waals surface area (Å²) in [7, 11) is 1.54. The predicted molar refractivity (Wildman–Crippen MR) is 123 cm³/mol. The third-order valence-corrected chi connectivity index (χ3v) is 5.26. The summed E-state index contributed by atoms with van der Waals surface area (Å²) in [5.41, 5.74) is 0.880. The number of benzene rings is 2. The van der Waals surface area contributed by atoms with Crippen LogP contribution in [0.4, 0.5) is 5.69 Å². The summed E-state index contributed by atoms with van der Waals surface area (Å²) < 4.78 is 9.59. The van der Waals surface area contributed by atoms with E-state index in [0.29, 0.717) is 11.4 Å². The van der Waals surface area contributed by atoms with Gasteiger partial charge < -0.3 is 9.30 Å². The topological polar surface area (TPSA) is 114 Å². The van der Waals surface area contributed by atoms with Gasteiger partial charge in [0.2, 0.25) is 0 Å². The summed E-state index contributed by atoms with van der Waals surface area (Å²) in [6.07, 6.45) is 1.50. The molecule has 0 aliphatic carbocycles. The summed E-state index contributed by atoms with van der Waals surface area (Å²) in [5, 5.41) is 10.9. The van der Waals surface area contributed by atoms with Gasteiger partial charge in [0.05, 0.1) is 24.0 Å². The summed E-state index contributed by atoms with van der Waals surface area (Å²) in [6, 6.07) is 13.1. The molecule has 2 aromatic carbocycles. The van der Waals surface area contributed by atoms with Crippen LogP contribution in [0, 0.1) is 16.0 Å². The van der Waals surface area contributed by atoms with Gasteiger partial charge in [0.25, 0.3) is 11.2 Å². The Hall–Kier alpha value is -4.21. The Morgan fingerprint density at radius 3 is 2.48 bits per heavy atom. The van der Waals surface area contributed by atoms with E-state index in [9.17, 15) is 19.7 Å². The van der Waals surface area contributed by atoms with Crippen LogP contribution in [-0.2, 0) is 13.1 Å². The molecule has 0 spiro atoms. The van der Waals surface area contributed by atoms with E-state index in [1.54, 1.807) is 41.0 Å². The zero-order chi connectivity index (χ0) is 23.7. The van der Waals surface area contributed by atoms with Crippen molar-refractivity contribution in [3.05, 3.63) is 91.4 Å². The Morgan fingerprint density at radius 2 is 1.85 bits per heavy atom. The molecule has 2 heterocycles. The molecule has 0 amide bonds. The van der Waals surface area contributed by atoms with Gasteiger partial charge >= 0.3 is 5.69 Å². The molecule has 0 aliphatic rings. The molecular weight excluding hydrogens is 426 g/mol. The normalized spacial score (nSPS) is 11.3. The molecule has 4 rings (SSSR count). The van der Waals surface area contributed by atoms with Crippen LogP contribution in [0.1, 0.15) is 19.4 Å². The van der Waals surface area contributed by atoms with E-state index in [1.165, 1.54) is 34.7 Å². The Kier molecular flexibility index (Phi) is 5.82. The number of imidazole rings is 1. The average molecular weight is 449 g/mol. The van der Waals surface area contributed by atoms with Crippen molar-refractivity contribution in [2.75, 3.05) is 7.11 Å². The van der Waals surface area contributed by atoms with Crippen molar-refractivity contribution in [2.45, 2.75) is 26.9 Å². The van der Waals surface area contributed by atoms with Gasteiger partial charge in [-0.1, -0.05) is 32.0 Å². The van der Waals surface area contributed by atoms with Gasteiger partial charge in [0.15, 0.2) is 11.2 Å². The van der Waals surface area contributed by atoms with Crippen LogP contribution in [0.25, 0.3) is 16.9 Å². The number of nitro benzene ring substituents is 1. The smallest absolute Gasteiger partial charge is 0.337 e. The molecule has 10 heteroatoms. The highest BCUT2D eigenvalue weighted by Crippen LogP contribution is 2.20. The summed E-state index contributed by atoms with van der Waals surface area (Å²) >= 11 is 0. The largest absolute Gasteiger partial charge is 0.497 e. The second kappa shape index (κ2) is 8.73. The lowest BCUT2D eigenvalue weighted by Gasteiger charge is -2.14. The monoisotopic (exact) mass is 449 g/mol. The average Bonchev–Trinajstić information content (AvgIpc) is 3.20. The first-order valence-corrected chi connectivity index (χ1v) is 10.4. The van der Waals surface area contributed by atoms with Crippen molar-refractivity contribution in [2.24, 2.45) is 5.92 Å². The SMILES string of the molecule is COc1cccc(-n2c(=O)n(CC(C)C)c(=O)c3c2ncn3Cc2ccc([N+](=O)[O-])cc2)c1. The van der Waals surface area contributed by atoms with Crippen LogP contribution < -0.4 is 16.0 Å². The van der Waals surface area contributed by atoms with Crippen LogP contribution in [0.3, 0.4) is 0 Å². The number of aromatic nitrogens is 4. The molecule has 170 valence electrons. The third-order valence-electron chi connectivity index (χ3n) is 5.26. The predicted octanol–water partition coefficient (Wildman–Crippen LogP) is 2.97. The number of ether oxygens (including phenoxy) is 1. The quantitative estimate of drug-likeness (QED) is 0.317. The van der Waals surface area contributed by atoms with Crippen LogP contribution in [-0.4, -0.2) is 30.7 Å². The Balaban J connectivity index is 1.93. The number of rotatable bonds is 7. The van der Waals surface area contributed by atoms with E-state index >= 15 is 0 Å². The van der Waals surface area contributed by atoms with Crippen molar-refractivity contribution in [3.8, 4) is 11.4 Å². The first kappa shape index (κ1) is 22.0. The molecule has 0 N–H and O–H groups in total. The molecule has 0 aliphatic heterocycles. The minimum absolute atomic E-state index is 0.0135. The van der Waals surface area contributed by atoms with E-state index in [1.807, 2.05) is 13.8 Å². The van der Waals surface area contributed by atoms with Crippen molar-refractivity contribution >= 4 is 16.9 Å². The molecule has 0 unspecified atom stereocenters. The van der Waals surface area contributed by atoms with Crippen LogP contribution in [0.2, 0.25) is 0 Å². The van der Waals surface area contributed by atoms with Gasteiger partial charge in [-0.25, -0.2) is 14.3 Å². The maximum Gasteiger partial charge on any atom is 0.337 e. The van der Waals surface area contributed by atoms with Crippen molar-refractivity contribution in [3.63, 3.8) is 0 Å². The van der Waals surface area contributed by atoms with Crippen molar-refractivity contribution < 1.29 is 9.66 Å². The molecule has 0 saturated carbocycles. The summed E-state index contributed by atoms with van der Waals surface area (Å²) in [6.45, 7) is 4.38. The number of non-ortho nitro benzene ring substituents is 1. The lowest BCUT2D eigenvalue weighted by molar-refractivity contribution is -0.384. The minimum atomic E-state index is -0.477. The number of nitro groups is 1. The molecule has 0 saturated heterocycles. The molecule has 33 heavy (non-hydrogen) atoms. The highest BCUT2D eigenvalue weighted by Gasteiger charge is 2.20. The minimum Gasteiger partial charge on any atom is -0.497 e. The zero-order valence-electron chi connectivity index (χ0n) is 18.5. The van der Waals surface area contributed by atoms with E-state index in [0.717, 1.165) is 5.56 Å². The molecule has 10 nitrogen and oxygen atoms in total. The van der Waals surface area contributed by atoms with Crippen molar-refractivity contribution in [1.29, 1.82) is 0 Å². The number of fused-ring (bicyclic) bond motifs is 1. The zero-order valence-corrected chi connectivity index (χ0v) is 18.5. The van der Waals surface area contributed by atoms with Gasteiger partial charge in [-0.2, -0.15) is 0 Å². The van der Waals surface area contributed by atoms with Gasteiger partial charge in [-0.05, 0) is 23.6 Å². The van der Waals surface area contributed by atoms with Crippen LogP contribution in [0.15, 0.2) is 64.4 Å². The fraction of sp³-hybridized carbons (Fsp3) is 0.261. The Morgan fingerprint density at radius 1 is 1.12 bits per heavy atom. The van der Waals surface area contributed by atoms with Gasteiger partial charge in [0, 0.05) is 31.3 Å². The standard InChI is InChI=1S/C23H23N5O5/c1-15(2)12-26-22(29)20-21(27(23(26)30)18-5-4-6-19(11-18)33-3)24-14-25(20)13-16-7-9-17(10-8-16)28(31)32/h4-11,14-15H,12-13H2,1-3H3. The van der Waals surface area contributed by atoms with Gasteiger partial charge in [0.1, 0.15) is 5.75 Å². The van der Waals surface area contributed by atoms with E-state index in [4.69, 9.17) is 4.74 Å². The molecule has 0 fully saturated rings. The molecule has 0 radical (unpaired) electrons. The number of methoxy groups -OCH3 is 1. The second-order valence-electron chi connectivity index (χ2n) is 8.10. The summed E-state index contributed by atoms with van der Waals surface area (Å²) in [5.74, 6) is 0.636. The van der Waals surface area contributed by atoms with Gasteiger partial charge in [-0.15, -0.1) is 0 Å². The highest BCUT2D eigenvalue weighted by molar-refractivity contribution is 5.72. The van der Waals surface area contributed by atoms with E-state index < -0.39 is 16.2 Å². The van der Waals surface area contributed by atoms with Crippen LogP contribution >= 0.6 is 0 Å². The number of hydrogen-bond acceptors (Lipinski definition) is 6. The Bertz CT molecular complexity index is 1450. The second-order valence-corrected chi connectivity index (χ2v) is 8.10. The molecule has 0 atom stereocenters. The third kappa shape index (κ3) is 4.14. The Labute approximate surface area is 188 Å². The molecular formula is C23H23N5O5. The fourth-order valence-electron chi connectivity index (χ4n) is 3.73. The highest BCUT2D eigenvalue weighted by atomic mass is 16.6. The maximum atomic E-state index is 13.4. The molecule has 0 bridgehead atoms. The van der Waals surface area contributed by atoms with E-state index in [-0.39, 0.29) is 35.9 Å². The molecule has 2 aromatic heterocycles. The number of nitrogens with zero attached hydrogens (tertiary/aromatic N) is 5. The first-order valence-electron chi connectivity index (χ1n) is 10.4. The van der Waals surface area contributed by atoms with Crippen LogP contribution in [0.5, 0.6) is 5.75 Å². The summed E-state index contributed by atoms with van der Waals surface area (Å²) in [4.78, 5) is 41.6. The number of hydrogen-bond donors (Lipinski definition) is 0. The lowest BCUT2D eigenvalue weighted by Crippen LogP contribution is -2.41. The molecule has 4 aromatic rings. The van der Waals surface area contributed by atoms with E-state index in [2.05, 4.69) is 4.98 Å². The lowest BCUT2D eigenvalue weighted by atomic mass is 10.2. The fourth-order valence-corrected chi connectivity index (χ4v) is 3.73. The maximum absolute atomic E-state index is 13.4. The first-order chi connectivity index (χ1) is 15.8. The van der Waals surface area contributed by atoms with Crippen molar-refractivity contribution in [1.82, 2.24) is 18.7 Å².